The summed E-state index contributed by atoms with van der Waals surface area (Å²) in [7, 11) is 0. The van der Waals surface area contributed by atoms with Crippen LogP contribution in [0.25, 0.3) is 0 Å². The Labute approximate surface area is 82.9 Å². The minimum absolute atomic E-state index is 0.287. The van der Waals surface area contributed by atoms with E-state index in [9.17, 15) is 10.2 Å². The molecule has 84 valence electrons. The molecule has 14 heavy (non-hydrogen) atoms. The smallest absolute Gasteiger partial charge is 0.106 e. The lowest BCUT2D eigenvalue weighted by Crippen LogP contribution is -2.61. The summed E-state index contributed by atoms with van der Waals surface area (Å²) in [4.78, 5) is 0. The quantitative estimate of drug-likeness (QED) is 0.441. The van der Waals surface area contributed by atoms with E-state index in [2.05, 4.69) is 0 Å². The minimum Gasteiger partial charge on any atom is -0.396 e. The van der Waals surface area contributed by atoms with Gasteiger partial charge in [-0.2, -0.15) is 0 Å². The summed E-state index contributed by atoms with van der Waals surface area (Å²) in [6, 6.07) is 0. The molecule has 0 aromatic carbocycles. The molecule has 0 aromatic rings. The number of hydrogen-bond acceptors (Lipinski definition) is 5. The molecule has 0 radical (unpaired) electrons. The fraction of sp³-hybridized carbons (Fsp3) is 1.00. The van der Waals surface area contributed by atoms with E-state index >= 15 is 0 Å². The van der Waals surface area contributed by atoms with Crippen molar-refractivity contribution in [1.29, 1.82) is 0 Å². The van der Waals surface area contributed by atoms with Crippen molar-refractivity contribution in [1.82, 2.24) is 0 Å². The van der Waals surface area contributed by atoms with Crippen LogP contribution < -0.4 is 0 Å². The van der Waals surface area contributed by atoms with Gasteiger partial charge in [-0.3, -0.25) is 0 Å². The van der Waals surface area contributed by atoms with Crippen LogP contribution in [0.1, 0.15) is 13.8 Å². The zero-order valence-electron chi connectivity index (χ0n) is 8.42. The SMILES string of the molecule is CC1OC(CO)C(C)(CO)C(O)C1O. The Morgan fingerprint density at radius 3 is 2.29 bits per heavy atom. The second-order valence-electron chi connectivity index (χ2n) is 4.11. The Balaban J connectivity index is 2.89. The van der Waals surface area contributed by atoms with Crippen LogP contribution in [0.2, 0.25) is 0 Å². The van der Waals surface area contributed by atoms with E-state index < -0.39 is 29.8 Å². The molecule has 5 atom stereocenters. The van der Waals surface area contributed by atoms with Crippen LogP contribution in [-0.4, -0.2) is 58.1 Å². The van der Waals surface area contributed by atoms with Crippen molar-refractivity contribution in [3.63, 3.8) is 0 Å². The van der Waals surface area contributed by atoms with Gasteiger partial charge in [0, 0.05) is 5.41 Å². The number of aliphatic hydroxyl groups is 4. The lowest BCUT2D eigenvalue weighted by molar-refractivity contribution is -0.246. The standard InChI is InChI=1S/C9H18O5/c1-5-7(12)8(13)9(2,4-11)6(3-10)14-5/h5-8,10-13H,3-4H2,1-2H3. The van der Waals surface area contributed by atoms with Gasteiger partial charge in [0.1, 0.15) is 6.10 Å². The topological polar surface area (TPSA) is 90.2 Å². The van der Waals surface area contributed by atoms with E-state index in [1.807, 2.05) is 0 Å². The predicted octanol–water partition coefficient (Wildman–Crippen LogP) is -1.51. The molecule has 0 bridgehead atoms. The van der Waals surface area contributed by atoms with Gasteiger partial charge in [-0.05, 0) is 6.92 Å². The largest absolute Gasteiger partial charge is 0.396 e. The van der Waals surface area contributed by atoms with Gasteiger partial charge >= 0.3 is 0 Å². The molecule has 5 nitrogen and oxygen atoms in total. The molecule has 1 aliphatic heterocycles. The number of rotatable bonds is 2. The number of aliphatic hydroxyl groups excluding tert-OH is 4. The van der Waals surface area contributed by atoms with E-state index in [0.717, 1.165) is 0 Å². The van der Waals surface area contributed by atoms with Crippen LogP contribution in [0.15, 0.2) is 0 Å². The molecule has 0 amide bonds. The molecule has 0 saturated carbocycles. The van der Waals surface area contributed by atoms with Crippen molar-refractivity contribution in [2.24, 2.45) is 5.41 Å². The highest BCUT2D eigenvalue weighted by atomic mass is 16.5. The molecule has 1 rings (SSSR count). The Morgan fingerprint density at radius 2 is 1.86 bits per heavy atom. The molecule has 1 heterocycles. The lowest BCUT2D eigenvalue weighted by Gasteiger charge is -2.47. The molecule has 5 unspecified atom stereocenters. The molecule has 0 aromatic heterocycles. The summed E-state index contributed by atoms with van der Waals surface area (Å²) in [6.07, 6.45) is -3.31. The van der Waals surface area contributed by atoms with Crippen molar-refractivity contribution in [3.05, 3.63) is 0 Å². The normalized spacial score (nSPS) is 49.3. The first-order valence-electron chi connectivity index (χ1n) is 4.70. The molecule has 1 saturated heterocycles. The molecule has 0 spiro atoms. The monoisotopic (exact) mass is 206 g/mol. The molecular weight excluding hydrogens is 188 g/mol. The van der Waals surface area contributed by atoms with Crippen LogP contribution in [0.5, 0.6) is 0 Å². The summed E-state index contributed by atoms with van der Waals surface area (Å²) < 4.78 is 5.30. The number of ether oxygens (including phenoxy) is 1. The first kappa shape index (κ1) is 11.9. The first-order valence-corrected chi connectivity index (χ1v) is 4.70. The third-order valence-electron chi connectivity index (χ3n) is 3.10. The second-order valence-corrected chi connectivity index (χ2v) is 4.11. The summed E-state index contributed by atoms with van der Waals surface area (Å²) in [5.74, 6) is 0. The first-order chi connectivity index (χ1) is 6.47. The summed E-state index contributed by atoms with van der Waals surface area (Å²) in [5.41, 5.74) is -1.01. The highest BCUT2D eigenvalue weighted by Gasteiger charge is 2.50. The van der Waals surface area contributed by atoms with Gasteiger partial charge in [-0.25, -0.2) is 0 Å². The molecule has 1 fully saturated rings. The third-order valence-corrected chi connectivity index (χ3v) is 3.10. The van der Waals surface area contributed by atoms with Crippen molar-refractivity contribution in [2.45, 2.75) is 38.3 Å². The average molecular weight is 206 g/mol. The summed E-state index contributed by atoms with van der Waals surface area (Å²) in [6.45, 7) is 2.56. The Hall–Kier alpha value is -0.200. The van der Waals surface area contributed by atoms with E-state index in [4.69, 9.17) is 14.9 Å². The van der Waals surface area contributed by atoms with Gasteiger partial charge in [0.2, 0.25) is 0 Å². The van der Waals surface area contributed by atoms with Gasteiger partial charge in [-0.15, -0.1) is 0 Å². The fourth-order valence-corrected chi connectivity index (χ4v) is 1.78. The van der Waals surface area contributed by atoms with Crippen molar-refractivity contribution in [2.75, 3.05) is 13.2 Å². The van der Waals surface area contributed by atoms with E-state index in [-0.39, 0.29) is 13.2 Å². The average Bonchev–Trinajstić information content (AvgIpc) is 2.20. The zero-order chi connectivity index (χ0) is 10.9. The Kier molecular flexibility index (Phi) is 3.49. The van der Waals surface area contributed by atoms with Gasteiger partial charge in [-0.1, -0.05) is 6.92 Å². The van der Waals surface area contributed by atoms with Gasteiger partial charge < -0.3 is 25.2 Å². The summed E-state index contributed by atoms with van der Waals surface area (Å²) >= 11 is 0. The van der Waals surface area contributed by atoms with E-state index in [1.165, 1.54) is 0 Å². The Bertz CT molecular complexity index is 194. The third kappa shape index (κ3) is 1.66. The number of hydrogen-bond donors (Lipinski definition) is 4. The highest BCUT2D eigenvalue weighted by Crippen LogP contribution is 2.36. The van der Waals surface area contributed by atoms with E-state index in [0.29, 0.717) is 0 Å². The lowest BCUT2D eigenvalue weighted by atomic mass is 9.74. The van der Waals surface area contributed by atoms with Crippen LogP contribution in [0.3, 0.4) is 0 Å². The predicted molar refractivity (Wildman–Crippen MR) is 48.6 cm³/mol. The molecule has 1 aliphatic rings. The fourth-order valence-electron chi connectivity index (χ4n) is 1.78. The molecule has 4 N–H and O–H groups in total. The van der Waals surface area contributed by atoms with Gasteiger partial charge in [0.25, 0.3) is 0 Å². The van der Waals surface area contributed by atoms with Crippen LogP contribution in [0.4, 0.5) is 0 Å². The maximum atomic E-state index is 9.77. The second kappa shape index (κ2) is 4.12. The molecular formula is C9H18O5. The molecule has 5 heteroatoms. The molecule has 0 aliphatic carbocycles. The van der Waals surface area contributed by atoms with Crippen LogP contribution >= 0.6 is 0 Å². The highest BCUT2D eigenvalue weighted by molar-refractivity contribution is 4.98. The zero-order valence-corrected chi connectivity index (χ0v) is 8.42. The van der Waals surface area contributed by atoms with Crippen molar-refractivity contribution >= 4 is 0 Å². The van der Waals surface area contributed by atoms with Crippen molar-refractivity contribution in [3.8, 4) is 0 Å². The van der Waals surface area contributed by atoms with Gasteiger partial charge in [0.05, 0.1) is 31.5 Å². The van der Waals surface area contributed by atoms with Crippen LogP contribution in [-0.2, 0) is 4.74 Å². The summed E-state index contributed by atoms with van der Waals surface area (Å²) in [5, 5.41) is 37.5. The minimum atomic E-state index is -1.09. The Morgan fingerprint density at radius 1 is 1.29 bits per heavy atom. The van der Waals surface area contributed by atoms with Crippen molar-refractivity contribution < 1.29 is 25.2 Å². The van der Waals surface area contributed by atoms with E-state index in [1.54, 1.807) is 13.8 Å². The maximum Gasteiger partial charge on any atom is 0.106 e. The van der Waals surface area contributed by atoms with Gasteiger partial charge in [0.15, 0.2) is 0 Å². The maximum absolute atomic E-state index is 9.77. The van der Waals surface area contributed by atoms with Crippen LogP contribution in [0, 0.1) is 5.41 Å².